The Labute approximate surface area is 91.3 Å². The summed E-state index contributed by atoms with van der Waals surface area (Å²) in [5, 5.41) is 9.08. The van der Waals surface area contributed by atoms with Crippen LogP contribution in [-0.4, -0.2) is 36.2 Å². The number of piperidine rings is 1. The first-order valence-electron chi connectivity index (χ1n) is 6.07. The summed E-state index contributed by atoms with van der Waals surface area (Å²) in [7, 11) is 0. The zero-order chi connectivity index (χ0) is 10.3. The zero-order valence-electron chi connectivity index (χ0n) is 9.10. The van der Waals surface area contributed by atoms with Gasteiger partial charge in [0.1, 0.15) is 0 Å². The maximum atomic E-state index is 9.08. The summed E-state index contributed by atoms with van der Waals surface area (Å²) in [5.74, 6) is 2.25. The van der Waals surface area contributed by atoms with Gasteiger partial charge in [-0.2, -0.15) is 0 Å². The van der Waals surface area contributed by atoms with E-state index < -0.39 is 0 Å². The van der Waals surface area contributed by atoms with E-state index in [-0.39, 0.29) is 0 Å². The van der Waals surface area contributed by atoms with Crippen LogP contribution in [0.5, 0.6) is 0 Å². The Kier molecular flexibility index (Phi) is 2.41. The fourth-order valence-electron chi connectivity index (χ4n) is 3.18. The van der Waals surface area contributed by atoms with Crippen LogP contribution >= 0.6 is 0 Å². The number of hydrogen-bond acceptors (Lipinski definition) is 2. The largest absolute Gasteiger partial charge is 0.396 e. The Morgan fingerprint density at radius 3 is 2.67 bits per heavy atom. The Morgan fingerprint density at radius 1 is 1.27 bits per heavy atom. The summed E-state index contributed by atoms with van der Waals surface area (Å²) in [4.78, 5) is 2.54. The monoisotopic (exact) mass is 205 g/mol. The highest BCUT2D eigenvalue weighted by Crippen LogP contribution is 2.51. The smallest absolute Gasteiger partial charge is 0.0465 e. The van der Waals surface area contributed by atoms with E-state index in [1.54, 1.807) is 0 Å². The van der Waals surface area contributed by atoms with Gasteiger partial charge in [-0.05, 0) is 36.2 Å². The molecule has 15 heavy (non-hydrogen) atoms. The lowest BCUT2D eigenvalue weighted by molar-refractivity contribution is 0.227. The minimum Gasteiger partial charge on any atom is -0.396 e. The van der Waals surface area contributed by atoms with Crippen molar-refractivity contribution < 1.29 is 5.11 Å². The first-order chi connectivity index (χ1) is 7.38. The van der Waals surface area contributed by atoms with Crippen LogP contribution in [0, 0.1) is 17.8 Å². The molecule has 0 radical (unpaired) electrons. The number of hydrogen-bond donors (Lipinski definition) is 1. The molecule has 1 aliphatic heterocycles. The SMILES string of the molecule is OCC1C2CN(CC3=CCCC=C3)CC12. The molecule has 0 amide bonds. The van der Waals surface area contributed by atoms with Crippen LogP contribution in [0.25, 0.3) is 0 Å². The lowest BCUT2D eigenvalue weighted by Gasteiger charge is -2.20. The number of aliphatic hydroxyl groups excluding tert-OH is 1. The van der Waals surface area contributed by atoms with Crippen LogP contribution in [-0.2, 0) is 0 Å². The van der Waals surface area contributed by atoms with Crippen molar-refractivity contribution in [1.29, 1.82) is 0 Å². The minimum atomic E-state index is 0.409. The molecule has 2 fully saturated rings. The van der Waals surface area contributed by atoms with E-state index in [1.807, 2.05) is 0 Å². The Hall–Kier alpha value is -0.600. The summed E-state index contributed by atoms with van der Waals surface area (Å²) in [5.41, 5.74) is 1.49. The molecule has 3 aliphatic rings. The quantitative estimate of drug-likeness (QED) is 0.753. The van der Waals surface area contributed by atoms with E-state index in [2.05, 4.69) is 23.1 Å². The van der Waals surface area contributed by atoms with Gasteiger partial charge in [0.05, 0.1) is 0 Å². The highest BCUT2D eigenvalue weighted by molar-refractivity contribution is 5.24. The Bertz CT molecular complexity index is 296. The maximum absolute atomic E-state index is 9.08. The average molecular weight is 205 g/mol. The lowest BCUT2D eigenvalue weighted by Crippen LogP contribution is -2.27. The van der Waals surface area contributed by atoms with Crippen LogP contribution < -0.4 is 0 Å². The molecule has 2 aliphatic carbocycles. The molecule has 2 unspecified atom stereocenters. The molecule has 0 aromatic rings. The van der Waals surface area contributed by atoms with E-state index in [9.17, 15) is 0 Å². The first-order valence-corrected chi connectivity index (χ1v) is 6.07. The fourth-order valence-corrected chi connectivity index (χ4v) is 3.18. The zero-order valence-corrected chi connectivity index (χ0v) is 9.10. The van der Waals surface area contributed by atoms with Gasteiger partial charge < -0.3 is 5.11 Å². The molecule has 0 aromatic heterocycles. The normalized spacial score (nSPS) is 39.0. The number of fused-ring (bicyclic) bond motifs is 1. The van der Waals surface area contributed by atoms with Crippen molar-refractivity contribution in [1.82, 2.24) is 4.90 Å². The van der Waals surface area contributed by atoms with Crippen LogP contribution in [0.2, 0.25) is 0 Å². The van der Waals surface area contributed by atoms with Crippen molar-refractivity contribution in [2.75, 3.05) is 26.2 Å². The Morgan fingerprint density at radius 2 is 2.07 bits per heavy atom. The minimum absolute atomic E-state index is 0.409. The van der Waals surface area contributed by atoms with Crippen molar-refractivity contribution >= 4 is 0 Å². The van der Waals surface area contributed by atoms with Gasteiger partial charge in [-0.15, -0.1) is 0 Å². The van der Waals surface area contributed by atoms with Crippen LogP contribution in [0.4, 0.5) is 0 Å². The van der Waals surface area contributed by atoms with Crippen molar-refractivity contribution in [3.63, 3.8) is 0 Å². The van der Waals surface area contributed by atoms with Crippen molar-refractivity contribution in [3.8, 4) is 0 Å². The van der Waals surface area contributed by atoms with E-state index in [0.29, 0.717) is 12.5 Å². The number of rotatable bonds is 3. The number of aliphatic hydroxyl groups is 1. The predicted octanol–water partition coefficient (Wildman–Crippen LogP) is 1.43. The molecular formula is C13H19NO. The van der Waals surface area contributed by atoms with E-state index in [4.69, 9.17) is 5.11 Å². The van der Waals surface area contributed by atoms with E-state index in [1.165, 1.54) is 31.5 Å². The number of likely N-dealkylation sites (tertiary alicyclic amines) is 1. The maximum Gasteiger partial charge on any atom is 0.0465 e. The average Bonchev–Trinajstić information content (AvgIpc) is 2.75. The van der Waals surface area contributed by atoms with E-state index >= 15 is 0 Å². The molecule has 2 atom stereocenters. The second-order valence-corrected chi connectivity index (χ2v) is 5.13. The third kappa shape index (κ3) is 1.77. The van der Waals surface area contributed by atoms with Crippen molar-refractivity contribution in [2.45, 2.75) is 12.8 Å². The lowest BCUT2D eigenvalue weighted by atomic mass is 10.1. The standard InChI is InChI=1S/C13H19NO/c15-9-13-11-7-14(8-12(11)13)6-10-4-2-1-3-5-10/h2,4-5,11-13,15H,1,3,6-9H2. The predicted molar refractivity (Wildman–Crippen MR) is 60.5 cm³/mol. The summed E-state index contributed by atoms with van der Waals surface area (Å²) in [6, 6.07) is 0. The summed E-state index contributed by atoms with van der Waals surface area (Å²) >= 11 is 0. The van der Waals surface area contributed by atoms with Gasteiger partial charge in [0.2, 0.25) is 0 Å². The molecule has 82 valence electrons. The third-order valence-corrected chi connectivity index (χ3v) is 4.14. The van der Waals surface area contributed by atoms with Crippen molar-refractivity contribution in [2.24, 2.45) is 17.8 Å². The molecule has 2 nitrogen and oxygen atoms in total. The fraction of sp³-hybridized carbons (Fsp3) is 0.692. The molecule has 3 rings (SSSR count). The van der Waals surface area contributed by atoms with Crippen LogP contribution in [0.15, 0.2) is 23.8 Å². The van der Waals surface area contributed by atoms with Gasteiger partial charge in [0, 0.05) is 26.2 Å². The number of nitrogens with zero attached hydrogens (tertiary/aromatic N) is 1. The van der Waals surface area contributed by atoms with Gasteiger partial charge in [0.25, 0.3) is 0 Å². The van der Waals surface area contributed by atoms with Gasteiger partial charge >= 0.3 is 0 Å². The van der Waals surface area contributed by atoms with Crippen LogP contribution in [0.3, 0.4) is 0 Å². The highest BCUT2D eigenvalue weighted by atomic mass is 16.3. The summed E-state index contributed by atoms with van der Waals surface area (Å²) < 4.78 is 0. The molecule has 0 bridgehead atoms. The second-order valence-electron chi connectivity index (χ2n) is 5.13. The molecule has 1 N–H and O–H groups in total. The van der Waals surface area contributed by atoms with Crippen molar-refractivity contribution in [3.05, 3.63) is 23.8 Å². The highest BCUT2D eigenvalue weighted by Gasteiger charge is 2.54. The van der Waals surface area contributed by atoms with Crippen LogP contribution in [0.1, 0.15) is 12.8 Å². The topological polar surface area (TPSA) is 23.5 Å². The van der Waals surface area contributed by atoms with E-state index in [0.717, 1.165) is 18.4 Å². The second kappa shape index (κ2) is 3.76. The first kappa shape index (κ1) is 9.61. The Balaban J connectivity index is 1.51. The molecule has 1 saturated carbocycles. The summed E-state index contributed by atoms with van der Waals surface area (Å²) in [6.45, 7) is 3.95. The molecule has 0 aromatic carbocycles. The molecule has 1 heterocycles. The molecule has 0 spiro atoms. The van der Waals surface area contributed by atoms with Gasteiger partial charge in [-0.1, -0.05) is 18.2 Å². The van der Waals surface area contributed by atoms with Gasteiger partial charge in [0.15, 0.2) is 0 Å². The van der Waals surface area contributed by atoms with Gasteiger partial charge in [-0.25, -0.2) is 0 Å². The molecule has 1 saturated heterocycles. The molecule has 2 heteroatoms. The molecular weight excluding hydrogens is 186 g/mol. The van der Waals surface area contributed by atoms with Gasteiger partial charge in [-0.3, -0.25) is 4.90 Å². The summed E-state index contributed by atoms with van der Waals surface area (Å²) in [6.07, 6.45) is 9.35. The number of allylic oxidation sites excluding steroid dienone is 2. The third-order valence-electron chi connectivity index (χ3n) is 4.14.